The molecule has 5 atom stereocenters. The number of nitriles is 1. The molecule has 2 rings (SSSR count). The fourth-order valence-corrected chi connectivity index (χ4v) is 9.35. The molecule has 0 amide bonds. The van der Waals surface area contributed by atoms with Crippen LogP contribution in [0.5, 0.6) is 0 Å². The fraction of sp³-hybridized carbons (Fsp3) is 0.783. The van der Waals surface area contributed by atoms with Gasteiger partial charge < -0.3 is 27.6 Å². The Bertz CT molecular complexity index is 1080. The van der Waals surface area contributed by atoms with Crippen LogP contribution < -0.4 is 11.2 Å². The average Bonchev–Trinajstić information content (AvgIpc) is 3.19. The van der Waals surface area contributed by atoms with Crippen molar-refractivity contribution in [3.63, 3.8) is 0 Å². The average molecular weight is 611 g/mol. The third-order valence-electron chi connectivity index (χ3n) is 5.53. The Morgan fingerprint density at radius 2 is 1.85 bits per heavy atom. The molecule has 1 aromatic rings. The quantitative estimate of drug-likeness (QED) is 0.200. The highest BCUT2D eigenvalue weighted by Crippen LogP contribution is 2.61. The first-order valence-electron chi connectivity index (χ1n) is 12.8. The lowest BCUT2D eigenvalue weighted by Crippen LogP contribution is -2.41. The number of methoxy groups -OCH3 is 1. The van der Waals surface area contributed by atoms with E-state index in [-0.39, 0.29) is 44.1 Å². The zero-order valence-electron chi connectivity index (χ0n) is 23.5. The molecule has 0 aromatic carbocycles. The molecule has 1 N–H and O–H groups in total. The number of hydrogen-bond acceptors (Lipinski definition) is 12. The highest BCUT2D eigenvalue weighted by Gasteiger charge is 2.50. The third kappa shape index (κ3) is 9.47. The van der Waals surface area contributed by atoms with Gasteiger partial charge in [-0.25, -0.2) is 14.0 Å². The van der Waals surface area contributed by atoms with Crippen LogP contribution in [0.4, 0.5) is 0 Å². The minimum absolute atomic E-state index is 0.0445. The van der Waals surface area contributed by atoms with E-state index in [9.17, 15) is 14.2 Å². The molecule has 2 unspecified atom stereocenters. The first kappa shape index (κ1) is 34.1. The molecule has 39 heavy (non-hydrogen) atoms. The summed E-state index contributed by atoms with van der Waals surface area (Å²) in [6.07, 6.45) is -1.77. The molecule has 0 aliphatic carbocycles. The van der Waals surface area contributed by atoms with Crippen LogP contribution in [-0.2, 0) is 32.1 Å². The monoisotopic (exact) mass is 610 g/mol. The first-order valence-corrected chi connectivity index (χ1v) is 17.1. The summed E-state index contributed by atoms with van der Waals surface area (Å²) in [4.78, 5) is 26.6. The molecule has 1 aliphatic heterocycles. The van der Waals surface area contributed by atoms with Crippen LogP contribution >= 0.6 is 26.7 Å². The van der Waals surface area contributed by atoms with Crippen molar-refractivity contribution >= 4 is 26.7 Å². The van der Waals surface area contributed by atoms with Gasteiger partial charge in [0, 0.05) is 37.2 Å². The third-order valence-corrected chi connectivity index (χ3v) is 11.6. The van der Waals surface area contributed by atoms with Gasteiger partial charge in [-0.2, -0.15) is 5.26 Å². The van der Waals surface area contributed by atoms with E-state index in [0.717, 1.165) is 11.4 Å². The van der Waals surface area contributed by atoms with Crippen molar-refractivity contribution in [2.45, 2.75) is 84.6 Å². The Hall–Kier alpha value is -1.10. The van der Waals surface area contributed by atoms with E-state index in [0.29, 0.717) is 0 Å². The maximum absolute atomic E-state index is 13.2. The summed E-state index contributed by atoms with van der Waals surface area (Å²) >= 11 is 0.975. The van der Waals surface area contributed by atoms with Crippen LogP contribution in [0, 0.1) is 11.3 Å². The summed E-state index contributed by atoms with van der Waals surface area (Å²) in [7, 11) is -0.233. The number of nitrogens with zero attached hydrogens (tertiary/aromatic N) is 3. The van der Waals surface area contributed by atoms with Crippen molar-refractivity contribution in [2.75, 3.05) is 32.7 Å². The summed E-state index contributed by atoms with van der Waals surface area (Å²) < 4.78 is 52.1. The fourth-order valence-electron chi connectivity index (χ4n) is 4.06. The van der Waals surface area contributed by atoms with Crippen LogP contribution in [0.25, 0.3) is 0 Å². The van der Waals surface area contributed by atoms with Gasteiger partial charge in [-0.1, -0.05) is 0 Å². The van der Waals surface area contributed by atoms with E-state index < -0.39 is 51.1 Å². The van der Waals surface area contributed by atoms with Gasteiger partial charge in [-0.05, 0) is 52.9 Å². The van der Waals surface area contributed by atoms with Gasteiger partial charge in [0.2, 0.25) is 0 Å². The van der Waals surface area contributed by atoms with E-state index in [2.05, 4.69) is 15.7 Å². The Labute approximate surface area is 234 Å². The number of rotatable bonds is 17. The lowest BCUT2D eigenvalue weighted by Gasteiger charge is -2.38. The van der Waals surface area contributed by atoms with Gasteiger partial charge in [0.15, 0.2) is 6.23 Å². The van der Waals surface area contributed by atoms with Gasteiger partial charge in [-0.3, -0.25) is 14.3 Å². The van der Waals surface area contributed by atoms with Crippen LogP contribution in [-0.4, -0.2) is 77.3 Å². The second-order valence-corrected chi connectivity index (χ2v) is 14.5. The zero-order chi connectivity index (χ0) is 29.2. The van der Waals surface area contributed by atoms with E-state index in [4.69, 9.17) is 32.8 Å². The Morgan fingerprint density at radius 1 is 1.21 bits per heavy atom. The molecule has 16 heteroatoms. The van der Waals surface area contributed by atoms with Gasteiger partial charge in [0.1, 0.15) is 12.2 Å². The zero-order valence-corrected chi connectivity index (χ0v) is 26.1. The summed E-state index contributed by atoms with van der Waals surface area (Å²) in [6, 6.07) is 3.38. The highest BCUT2D eigenvalue weighted by molar-refractivity contribution is 8.55. The van der Waals surface area contributed by atoms with Crippen molar-refractivity contribution in [3.8, 4) is 6.07 Å². The molecule has 1 fully saturated rings. The molecule has 0 spiro atoms. The van der Waals surface area contributed by atoms with E-state index >= 15 is 0 Å². The molecule has 0 radical (unpaired) electrons. The molecule has 1 saturated heterocycles. The van der Waals surface area contributed by atoms with Crippen molar-refractivity contribution < 1.29 is 32.1 Å². The van der Waals surface area contributed by atoms with E-state index in [1.807, 2.05) is 27.7 Å². The smallest absolute Gasteiger partial charge is 0.374 e. The van der Waals surface area contributed by atoms with Crippen molar-refractivity contribution in [3.05, 3.63) is 33.1 Å². The lowest BCUT2D eigenvalue weighted by molar-refractivity contribution is -0.0505. The summed E-state index contributed by atoms with van der Waals surface area (Å²) in [5.41, 5.74) is -1.22. The first-order chi connectivity index (χ1) is 18.5. The van der Waals surface area contributed by atoms with Crippen molar-refractivity contribution in [1.29, 1.82) is 5.26 Å². The molecule has 13 nitrogen and oxygen atoms in total. The number of aromatic nitrogens is 2. The second-order valence-electron chi connectivity index (χ2n) is 8.98. The molecule has 2 heterocycles. The minimum atomic E-state index is -3.49. The van der Waals surface area contributed by atoms with Crippen LogP contribution in [0.1, 0.15) is 54.2 Å². The normalized spacial score (nSPS) is 22.6. The number of ether oxygens (including phenoxy) is 2. The SMILES string of the molecule is CCOP(=O)(OCC)SC[C@H]1O[C@@H](n2ccc(=O)[nH]c2=O)C(OC)[C@H]1OP(OCCC#N)N(C(C)C)C(C)C. The summed E-state index contributed by atoms with van der Waals surface area (Å²) in [6.45, 7) is 8.58. The van der Waals surface area contributed by atoms with Crippen molar-refractivity contribution in [1.82, 2.24) is 14.2 Å². The molecular formula is C23H40N4O9P2S. The van der Waals surface area contributed by atoms with Gasteiger partial charge in [-0.15, -0.1) is 0 Å². The molecule has 1 aromatic heterocycles. The number of aromatic amines is 1. The molecular weight excluding hydrogens is 570 g/mol. The van der Waals surface area contributed by atoms with E-state index in [1.165, 1.54) is 23.9 Å². The van der Waals surface area contributed by atoms with E-state index in [1.54, 1.807) is 13.8 Å². The van der Waals surface area contributed by atoms with Crippen LogP contribution in [0.3, 0.4) is 0 Å². The maximum Gasteiger partial charge on any atom is 0.389 e. The van der Waals surface area contributed by atoms with Crippen molar-refractivity contribution in [2.24, 2.45) is 0 Å². The van der Waals surface area contributed by atoms with Crippen LogP contribution in [0.15, 0.2) is 21.9 Å². The number of hydrogen-bond donors (Lipinski definition) is 1. The van der Waals surface area contributed by atoms with Crippen LogP contribution in [0.2, 0.25) is 0 Å². The van der Waals surface area contributed by atoms with Gasteiger partial charge in [0.25, 0.3) is 14.1 Å². The lowest BCUT2D eigenvalue weighted by atomic mass is 10.1. The Kier molecular flexibility index (Phi) is 14.3. The largest absolute Gasteiger partial charge is 0.389 e. The summed E-state index contributed by atoms with van der Waals surface area (Å²) in [5.74, 6) is 0.126. The standard InChI is InChI=1S/C23H40N4O9P2S/c1-8-33-38(30,34-9-2)39-15-18-20(36-37(32-14-10-12-24)27(16(3)4)17(5)6)21(31-7)22(35-18)26-13-11-19(28)25-23(26)29/h11,13,16-18,20-22H,8-10,14-15H2,1-7H3,(H,25,28,29)/t18-,20+,21?,22-,37?/m1/s1. The predicted molar refractivity (Wildman–Crippen MR) is 149 cm³/mol. The Balaban J connectivity index is 2.48. The Morgan fingerprint density at radius 3 is 2.36 bits per heavy atom. The molecule has 222 valence electrons. The van der Waals surface area contributed by atoms with Gasteiger partial charge >= 0.3 is 12.5 Å². The minimum Gasteiger partial charge on any atom is -0.374 e. The predicted octanol–water partition coefficient (Wildman–Crippen LogP) is 4.02. The maximum atomic E-state index is 13.2. The molecule has 1 aliphatic rings. The highest BCUT2D eigenvalue weighted by atomic mass is 32.7. The number of nitrogens with one attached hydrogen (secondary N) is 1. The number of H-pyrrole nitrogens is 1. The summed E-state index contributed by atoms with van der Waals surface area (Å²) in [5, 5.41) is 9.05. The molecule has 0 bridgehead atoms. The topological polar surface area (TPSA) is 154 Å². The molecule has 0 saturated carbocycles. The van der Waals surface area contributed by atoms with Gasteiger partial charge in [0.05, 0.1) is 38.4 Å². The second kappa shape index (κ2) is 16.4.